The largest absolute Gasteiger partial charge is 0.508 e. The fourth-order valence-corrected chi connectivity index (χ4v) is 3.57. The predicted octanol–water partition coefficient (Wildman–Crippen LogP) is 3.82. The van der Waals surface area contributed by atoms with E-state index in [9.17, 15) is 9.90 Å². The second-order valence-corrected chi connectivity index (χ2v) is 7.72. The van der Waals surface area contributed by atoms with Gasteiger partial charge in [-0.05, 0) is 59.5 Å². The summed E-state index contributed by atoms with van der Waals surface area (Å²) < 4.78 is 21.7. The van der Waals surface area contributed by atoms with Gasteiger partial charge in [0.05, 0.1) is 25.9 Å². The molecule has 3 aromatic rings. The predicted molar refractivity (Wildman–Crippen MR) is 129 cm³/mol. The Balaban J connectivity index is 1.49. The normalized spacial score (nSPS) is 13.0. The summed E-state index contributed by atoms with van der Waals surface area (Å²) in [6.45, 7) is 0.162. The maximum Gasteiger partial charge on any atom is 0.241 e. The number of aromatic hydroxyl groups is 1. The van der Waals surface area contributed by atoms with E-state index in [1.807, 2.05) is 36.4 Å². The number of phenolic OH excluding ortho intramolecular Hbond substituents is 1. The molecule has 1 atom stereocenters. The molecule has 0 aliphatic carbocycles. The summed E-state index contributed by atoms with van der Waals surface area (Å²) in [6, 6.07) is 15.0. The van der Waals surface area contributed by atoms with Gasteiger partial charge in [0, 0.05) is 0 Å². The highest BCUT2D eigenvalue weighted by Crippen LogP contribution is 2.42. The quantitative estimate of drug-likeness (QED) is 0.436. The third kappa shape index (κ3) is 5.24. The maximum absolute atomic E-state index is 12.7. The number of benzene rings is 3. The standard InChI is InChI=1S/C26H26N2O6/c1-31-22-10-7-17(3-4-18-13-23(32-2)25-24(14-18)33-15-34-25)12-21(22)28-26(30)20(27)11-16-5-8-19(29)9-6-16/h3-10,12-14,20,29H,11,15,27H2,1-2H3,(H,28,30)/b4-3-/t20-/m0/s1. The Kier molecular flexibility index (Phi) is 6.89. The third-order valence-corrected chi connectivity index (χ3v) is 5.36. The van der Waals surface area contributed by atoms with Crippen molar-refractivity contribution in [3.05, 3.63) is 71.3 Å². The average molecular weight is 463 g/mol. The molecule has 0 bridgehead atoms. The minimum Gasteiger partial charge on any atom is -0.508 e. The van der Waals surface area contributed by atoms with Crippen molar-refractivity contribution in [1.29, 1.82) is 0 Å². The number of fused-ring (bicyclic) bond motifs is 1. The maximum atomic E-state index is 12.7. The Labute approximate surface area is 197 Å². The SMILES string of the molecule is COc1ccc(/C=C\c2cc(OC)c3c(c2)OCO3)cc1NC(=O)[C@@H](N)Cc1ccc(O)cc1. The molecule has 0 fully saturated rings. The molecule has 0 saturated heterocycles. The van der Waals surface area contributed by atoms with Crippen molar-refractivity contribution in [1.82, 2.24) is 0 Å². The van der Waals surface area contributed by atoms with Crippen LogP contribution >= 0.6 is 0 Å². The van der Waals surface area contributed by atoms with Gasteiger partial charge in [-0.1, -0.05) is 30.4 Å². The Morgan fingerprint density at radius 3 is 2.50 bits per heavy atom. The van der Waals surface area contributed by atoms with E-state index in [2.05, 4.69) is 5.32 Å². The average Bonchev–Trinajstić information content (AvgIpc) is 3.32. The number of phenols is 1. The van der Waals surface area contributed by atoms with Crippen LogP contribution in [0, 0.1) is 0 Å². The lowest BCUT2D eigenvalue weighted by Crippen LogP contribution is -2.37. The van der Waals surface area contributed by atoms with Crippen molar-refractivity contribution in [3.63, 3.8) is 0 Å². The zero-order valence-corrected chi connectivity index (χ0v) is 18.9. The first-order chi connectivity index (χ1) is 16.5. The van der Waals surface area contributed by atoms with E-state index in [1.54, 1.807) is 37.4 Å². The molecule has 4 N–H and O–H groups in total. The molecule has 0 aromatic heterocycles. The number of nitrogens with one attached hydrogen (secondary N) is 1. The molecule has 0 radical (unpaired) electrons. The fraction of sp³-hybridized carbons (Fsp3) is 0.192. The number of amides is 1. The van der Waals surface area contributed by atoms with Gasteiger partial charge in [0.1, 0.15) is 11.5 Å². The van der Waals surface area contributed by atoms with Crippen LogP contribution < -0.4 is 30.0 Å². The van der Waals surface area contributed by atoms with Gasteiger partial charge < -0.3 is 35.1 Å². The van der Waals surface area contributed by atoms with E-state index < -0.39 is 6.04 Å². The lowest BCUT2D eigenvalue weighted by molar-refractivity contribution is -0.117. The monoisotopic (exact) mass is 462 g/mol. The van der Waals surface area contributed by atoms with Crippen molar-refractivity contribution >= 4 is 23.7 Å². The molecule has 1 heterocycles. The lowest BCUT2D eigenvalue weighted by atomic mass is 10.1. The molecule has 8 nitrogen and oxygen atoms in total. The minimum atomic E-state index is -0.769. The summed E-state index contributed by atoms with van der Waals surface area (Å²) in [5.74, 6) is 2.16. The smallest absolute Gasteiger partial charge is 0.241 e. The highest BCUT2D eigenvalue weighted by molar-refractivity contribution is 5.96. The Morgan fingerprint density at radius 1 is 1.03 bits per heavy atom. The summed E-state index contributed by atoms with van der Waals surface area (Å²) in [6.07, 6.45) is 4.15. The molecule has 176 valence electrons. The van der Waals surface area contributed by atoms with E-state index in [0.29, 0.717) is 35.1 Å². The topological polar surface area (TPSA) is 112 Å². The van der Waals surface area contributed by atoms with Gasteiger partial charge in [-0.15, -0.1) is 0 Å². The number of hydrogen-bond donors (Lipinski definition) is 3. The van der Waals surface area contributed by atoms with Crippen LogP contribution in [-0.2, 0) is 11.2 Å². The number of anilines is 1. The van der Waals surface area contributed by atoms with Crippen LogP contribution in [0.3, 0.4) is 0 Å². The Bertz CT molecular complexity index is 1210. The highest BCUT2D eigenvalue weighted by atomic mass is 16.7. The van der Waals surface area contributed by atoms with E-state index >= 15 is 0 Å². The fourth-order valence-electron chi connectivity index (χ4n) is 3.57. The van der Waals surface area contributed by atoms with Crippen molar-refractivity contribution in [2.75, 3.05) is 26.3 Å². The number of ether oxygens (including phenoxy) is 4. The summed E-state index contributed by atoms with van der Waals surface area (Å²) in [5.41, 5.74) is 9.19. The van der Waals surface area contributed by atoms with Gasteiger partial charge in [-0.25, -0.2) is 0 Å². The van der Waals surface area contributed by atoms with E-state index in [1.165, 1.54) is 7.11 Å². The number of nitrogens with two attached hydrogens (primary N) is 1. The molecule has 0 unspecified atom stereocenters. The first kappa shape index (κ1) is 23.0. The van der Waals surface area contributed by atoms with Crippen molar-refractivity contribution in [2.24, 2.45) is 5.73 Å². The van der Waals surface area contributed by atoms with Crippen LogP contribution in [0.5, 0.6) is 28.7 Å². The zero-order valence-electron chi connectivity index (χ0n) is 18.9. The number of methoxy groups -OCH3 is 2. The Morgan fingerprint density at radius 2 is 1.76 bits per heavy atom. The number of rotatable bonds is 8. The first-order valence-electron chi connectivity index (χ1n) is 10.6. The van der Waals surface area contributed by atoms with Gasteiger partial charge in [-0.3, -0.25) is 4.79 Å². The summed E-state index contributed by atoms with van der Waals surface area (Å²) >= 11 is 0. The van der Waals surface area contributed by atoms with Crippen LogP contribution in [0.15, 0.2) is 54.6 Å². The molecule has 0 spiro atoms. The van der Waals surface area contributed by atoms with Crippen LogP contribution in [0.1, 0.15) is 16.7 Å². The van der Waals surface area contributed by atoms with Crippen molar-refractivity contribution < 1.29 is 28.8 Å². The summed E-state index contributed by atoms with van der Waals surface area (Å²) in [4.78, 5) is 12.7. The summed E-state index contributed by atoms with van der Waals surface area (Å²) in [5, 5.41) is 12.3. The van der Waals surface area contributed by atoms with Gasteiger partial charge in [0.25, 0.3) is 0 Å². The molecule has 4 rings (SSSR count). The zero-order chi connectivity index (χ0) is 24.1. The van der Waals surface area contributed by atoms with Crippen molar-refractivity contribution in [3.8, 4) is 28.7 Å². The van der Waals surface area contributed by atoms with Crippen LogP contribution in [0.25, 0.3) is 12.2 Å². The molecule has 1 aliphatic rings. The molecule has 0 saturated carbocycles. The highest BCUT2D eigenvalue weighted by Gasteiger charge is 2.20. The second-order valence-electron chi connectivity index (χ2n) is 7.72. The summed E-state index contributed by atoms with van der Waals surface area (Å²) in [7, 11) is 3.12. The van der Waals surface area contributed by atoms with E-state index in [-0.39, 0.29) is 18.4 Å². The third-order valence-electron chi connectivity index (χ3n) is 5.36. The van der Waals surface area contributed by atoms with Gasteiger partial charge in [0.2, 0.25) is 18.4 Å². The molecule has 34 heavy (non-hydrogen) atoms. The first-order valence-corrected chi connectivity index (χ1v) is 10.6. The van der Waals surface area contributed by atoms with E-state index in [4.69, 9.17) is 24.7 Å². The molecular formula is C26H26N2O6. The second kappa shape index (κ2) is 10.2. The minimum absolute atomic E-state index is 0.162. The Hall–Kier alpha value is -4.17. The van der Waals surface area contributed by atoms with Gasteiger partial charge in [0.15, 0.2) is 11.5 Å². The van der Waals surface area contributed by atoms with Gasteiger partial charge in [-0.2, -0.15) is 0 Å². The molecule has 3 aromatic carbocycles. The molecular weight excluding hydrogens is 436 g/mol. The number of carbonyl (C=O) groups excluding carboxylic acids is 1. The van der Waals surface area contributed by atoms with Crippen LogP contribution in [0.2, 0.25) is 0 Å². The molecule has 1 aliphatic heterocycles. The van der Waals surface area contributed by atoms with E-state index in [0.717, 1.165) is 16.7 Å². The number of carbonyl (C=O) groups is 1. The van der Waals surface area contributed by atoms with Crippen LogP contribution in [0.4, 0.5) is 5.69 Å². The van der Waals surface area contributed by atoms with Crippen molar-refractivity contribution in [2.45, 2.75) is 12.5 Å². The molecule has 8 heteroatoms. The van der Waals surface area contributed by atoms with Crippen LogP contribution in [-0.4, -0.2) is 38.1 Å². The lowest BCUT2D eigenvalue weighted by Gasteiger charge is -2.15. The molecule has 1 amide bonds. The number of hydrogen-bond acceptors (Lipinski definition) is 7. The van der Waals surface area contributed by atoms with Gasteiger partial charge >= 0.3 is 0 Å².